The van der Waals surface area contributed by atoms with Crippen LogP contribution in [-0.4, -0.2) is 47.8 Å². The SMILES string of the molecule is O=C1C=CC(=O)N1CCCCN1CCCC1. The van der Waals surface area contributed by atoms with Crippen molar-refractivity contribution >= 4 is 11.8 Å². The van der Waals surface area contributed by atoms with E-state index in [1.807, 2.05) is 0 Å². The Hall–Kier alpha value is -1.16. The molecule has 1 saturated heterocycles. The third kappa shape index (κ3) is 2.70. The van der Waals surface area contributed by atoms with Gasteiger partial charge in [-0.25, -0.2) is 0 Å². The summed E-state index contributed by atoms with van der Waals surface area (Å²) in [5, 5.41) is 0. The molecular formula is C12H18N2O2. The maximum absolute atomic E-state index is 11.2. The van der Waals surface area contributed by atoms with E-state index in [2.05, 4.69) is 4.90 Å². The summed E-state index contributed by atoms with van der Waals surface area (Å²) in [6, 6.07) is 0. The molecule has 0 bridgehead atoms. The van der Waals surface area contributed by atoms with Crippen molar-refractivity contribution < 1.29 is 9.59 Å². The monoisotopic (exact) mass is 222 g/mol. The van der Waals surface area contributed by atoms with Gasteiger partial charge in [0.1, 0.15) is 0 Å². The maximum Gasteiger partial charge on any atom is 0.253 e. The first-order valence-corrected chi connectivity index (χ1v) is 6.03. The van der Waals surface area contributed by atoms with E-state index in [1.165, 1.54) is 43.0 Å². The number of nitrogens with zero attached hydrogens (tertiary/aromatic N) is 2. The Morgan fingerprint density at radius 1 is 0.938 bits per heavy atom. The van der Waals surface area contributed by atoms with Gasteiger partial charge in [-0.2, -0.15) is 0 Å². The molecule has 88 valence electrons. The lowest BCUT2D eigenvalue weighted by Crippen LogP contribution is -2.31. The van der Waals surface area contributed by atoms with Gasteiger partial charge in [-0.1, -0.05) is 0 Å². The van der Waals surface area contributed by atoms with Crippen molar-refractivity contribution in [2.75, 3.05) is 26.2 Å². The van der Waals surface area contributed by atoms with Gasteiger partial charge in [-0.3, -0.25) is 14.5 Å². The summed E-state index contributed by atoms with van der Waals surface area (Å²) >= 11 is 0. The third-order valence-electron chi connectivity index (χ3n) is 3.21. The van der Waals surface area contributed by atoms with Crippen molar-refractivity contribution in [2.24, 2.45) is 0 Å². The van der Waals surface area contributed by atoms with E-state index >= 15 is 0 Å². The predicted molar refractivity (Wildman–Crippen MR) is 60.8 cm³/mol. The summed E-state index contributed by atoms with van der Waals surface area (Å²) in [5.74, 6) is -0.322. The molecule has 4 heteroatoms. The average molecular weight is 222 g/mol. The molecule has 2 amide bonds. The lowest BCUT2D eigenvalue weighted by atomic mass is 10.3. The lowest BCUT2D eigenvalue weighted by Gasteiger charge is -2.16. The molecule has 0 atom stereocenters. The molecule has 1 fully saturated rings. The van der Waals surface area contributed by atoms with Crippen molar-refractivity contribution in [3.8, 4) is 0 Å². The van der Waals surface area contributed by atoms with Gasteiger partial charge in [0.15, 0.2) is 0 Å². The molecule has 0 aromatic carbocycles. The van der Waals surface area contributed by atoms with Gasteiger partial charge >= 0.3 is 0 Å². The molecule has 4 nitrogen and oxygen atoms in total. The summed E-state index contributed by atoms with van der Waals surface area (Å²) < 4.78 is 0. The lowest BCUT2D eigenvalue weighted by molar-refractivity contribution is -0.136. The fourth-order valence-electron chi connectivity index (χ4n) is 2.26. The van der Waals surface area contributed by atoms with Crippen LogP contribution in [0, 0.1) is 0 Å². The van der Waals surface area contributed by atoms with E-state index in [0.717, 1.165) is 19.4 Å². The Kier molecular flexibility index (Phi) is 3.72. The second kappa shape index (κ2) is 5.25. The Labute approximate surface area is 95.9 Å². The van der Waals surface area contributed by atoms with Crippen molar-refractivity contribution in [3.05, 3.63) is 12.2 Å². The largest absolute Gasteiger partial charge is 0.303 e. The zero-order chi connectivity index (χ0) is 11.4. The molecular weight excluding hydrogens is 204 g/mol. The molecule has 0 aromatic heterocycles. The van der Waals surface area contributed by atoms with Crippen LogP contribution < -0.4 is 0 Å². The van der Waals surface area contributed by atoms with Gasteiger partial charge in [0.05, 0.1) is 0 Å². The number of imide groups is 1. The van der Waals surface area contributed by atoms with Crippen LogP contribution in [0.1, 0.15) is 25.7 Å². The quantitative estimate of drug-likeness (QED) is 0.510. The van der Waals surface area contributed by atoms with Crippen molar-refractivity contribution in [3.63, 3.8) is 0 Å². The van der Waals surface area contributed by atoms with Crippen LogP contribution in [0.2, 0.25) is 0 Å². The summed E-state index contributed by atoms with van der Waals surface area (Å²) in [4.78, 5) is 26.3. The van der Waals surface area contributed by atoms with Gasteiger partial charge in [0.2, 0.25) is 0 Å². The first-order valence-electron chi connectivity index (χ1n) is 6.03. The minimum atomic E-state index is -0.161. The number of likely N-dealkylation sites (tertiary alicyclic amines) is 1. The Morgan fingerprint density at radius 3 is 2.12 bits per heavy atom. The molecule has 0 N–H and O–H groups in total. The normalized spacial score (nSPS) is 21.4. The van der Waals surface area contributed by atoms with Crippen molar-refractivity contribution in [1.29, 1.82) is 0 Å². The average Bonchev–Trinajstić information content (AvgIpc) is 2.87. The molecule has 0 saturated carbocycles. The van der Waals surface area contributed by atoms with Crippen molar-refractivity contribution in [2.45, 2.75) is 25.7 Å². The van der Waals surface area contributed by atoms with Crippen LogP contribution in [0.4, 0.5) is 0 Å². The summed E-state index contributed by atoms with van der Waals surface area (Å²) in [6.07, 6.45) is 7.30. The second-order valence-electron chi connectivity index (χ2n) is 4.42. The Balaban J connectivity index is 1.61. The topological polar surface area (TPSA) is 40.6 Å². The molecule has 2 heterocycles. The number of rotatable bonds is 5. The van der Waals surface area contributed by atoms with E-state index in [-0.39, 0.29) is 11.8 Å². The summed E-state index contributed by atoms with van der Waals surface area (Å²) in [6.45, 7) is 4.09. The molecule has 16 heavy (non-hydrogen) atoms. The van der Waals surface area contributed by atoms with Crippen LogP contribution >= 0.6 is 0 Å². The first kappa shape index (κ1) is 11.3. The molecule has 0 aliphatic carbocycles. The maximum atomic E-state index is 11.2. The molecule has 0 aromatic rings. The highest BCUT2D eigenvalue weighted by Crippen LogP contribution is 2.10. The molecule has 2 rings (SSSR count). The van der Waals surface area contributed by atoms with Crippen LogP contribution in [0.15, 0.2) is 12.2 Å². The number of unbranched alkanes of at least 4 members (excludes halogenated alkanes) is 1. The summed E-state index contributed by atoms with van der Waals surface area (Å²) in [7, 11) is 0. The zero-order valence-electron chi connectivity index (χ0n) is 9.52. The Bertz CT molecular complexity index is 288. The van der Waals surface area contributed by atoms with Gasteiger partial charge in [-0.05, 0) is 45.3 Å². The van der Waals surface area contributed by atoms with E-state index in [0.29, 0.717) is 6.54 Å². The molecule has 0 spiro atoms. The van der Waals surface area contributed by atoms with Gasteiger partial charge < -0.3 is 4.90 Å². The number of amides is 2. The standard InChI is InChI=1S/C12H18N2O2/c15-11-5-6-12(16)14(11)10-4-3-9-13-7-1-2-8-13/h5-6H,1-4,7-10H2. The minimum Gasteiger partial charge on any atom is -0.303 e. The highest BCUT2D eigenvalue weighted by Gasteiger charge is 2.22. The molecule has 2 aliphatic rings. The number of hydrogen-bond acceptors (Lipinski definition) is 3. The van der Waals surface area contributed by atoms with Crippen LogP contribution in [-0.2, 0) is 9.59 Å². The van der Waals surface area contributed by atoms with Crippen molar-refractivity contribution in [1.82, 2.24) is 9.80 Å². The van der Waals surface area contributed by atoms with Crippen LogP contribution in [0.5, 0.6) is 0 Å². The second-order valence-corrected chi connectivity index (χ2v) is 4.42. The summed E-state index contributed by atoms with van der Waals surface area (Å²) in [5.41, 5.74) is 0. The molecule has 0 unspecified atom stereocenters. The predicted octanol–water partition coefficient (Wildman–Crippen LogP) is 0.787. The number of carbonyl (C=O) groups excluding carboxylic acids is 2. The van der Waals surface area contributed by atoms with E-state index in [1.54, 1.807) is 0 Å². The minimum absolute atomic E-state index is 0.161. The van der Waals surface area contributed by atoms with Crippen LogP contribution in [0.3, 0.4) is 0 Å². The van der Waals surface area contributed by atoms with E-state index in [9.17, 15) is 9.59 Å². The fourth-order valence-corrected chi connectivity index (χ4v) is 2.26. The Morgan fingerprint density at radius 2 is 1.50 bits per heavy atom. The highest BCUT2D eigenvalue weighted by molar-refractivity contribution is 6.12. The van der Waals surface area contributed by atoms with Gasteiger partial charge in [0, 0.05) is 18.7 Å². The van der Waals surface area contributed by atoms with Crippen LogP contribution in [0.25, 0.3) is 0 Å². The molecule has 0 radical (unpaired) electrons. The highest BCUT2D eigenvalue weighted by atomic mass is 16.2. The number of carbonyl (C=O) groups is 2. The fraction of sp³-hybridized carbons (Fsp3) is 0.667. The smallest absolute Gasteiger partial charge is 0.253 e. The van der Waals surface area contributed by atoms with E-state index < -0.39 is 0 Å². The first-order chi connectivity index (χ1) is 7.77. The van der Waals surface area contributed by atoms with Gasteiger partial charge in [-0.15, -0.1) is 0 Å². The zero-order valence-corrected chi connectivity index (χ0v) is 9.52. The number of hydrogen-bond donors (Lipinski definition) is 0. The van der Waals surface area contributed by atoms with Gasteiger partial charge in [0.25, 0.3) is 11.8 Å². The third-order valence-corrected chi connectivity index (χ3v) is 3.21. The molecule has 2 aliphatic heterocycles. The van der Waals surface area contributed by atoms with E-state index in [4.69, 9.17) is 0 Å².